The minimum absolute atomic E-state index is 0.602. The van der Waals surface area contributed by atoms with E-state index in [1.807, 2.05) is 25.2 Å². The average molecular weight is 337 g/mol. The lowest BCUT2D eigenvalue weighted by Gasteiger charge is -2.13. The van der Waals surface area contributed by atoms with E-state index in [9.17, 15) is 0 Å². The molecule has 0 atom stereocenters. The number of hydrogen-bond donors (Lipinski definition) is 3. The van der Waals surface area contributed by atoms with Gasteiger partial charge in [-0.05, 0) is 48.7 Å². The maximum Gasteiger partial charge on any atom is 0.222 e. The summed E-state index contributed by atoms with van der Waals surface area (Å²) in [5.41, 5.74) is 8.57. The summed E-state index contributed by atoms with van der Waals surface area (Å²) >= 11 is 0. The van der Waals surface area contributed by atoms with Gasteiger partial charge in [-0.15, -0.1) is 0 Å². The molecule has 0 unspecified atom stereocenters. The van der Waals surface area contributed by atoms with Crippen molar-refractivity contribution in [3.63, 3.8) is 0 Å². The lowest BCUT2D eigenvalue weighted by Crippen LogP contribution is -2.08. The van der Waals surface area contributed by atoms with E-state index in [1.54, 1.807) is 13.3 Å². The fraction of sp³-hybridized carbons (Fsp3) is 0.263. The molecule has 0 aliphatic rings. The summed E-state index contributed by atoms with van der Waals surface area (Å²) in [6.45, 7) is 1.48. The third kappa shape index (κ3) is 3.80. The number of methoxy groups -OCH3 is 1. The molecule has 0 amide bonds. The first-order valence-electron chi connectivity index (χ1n) is 8.32. The van der Waals surface area contributed by atoms with Crippen molar-refractivity contribution in [2.45, 2.75) is 6.42 Å². The zero-order valence-electron chi connectivity index (χ0n) is 14.5. The minimum atomic E-state index is 0.602. The first-order valence-corrected chi connectivity index (χ1v) is 8.32. The summed E-state index contributed by atoms with van der Waals surface area (Å²) in [5.74, 6) is 1.44. The molecule has 6 nitrogen and oxygen atoms in total. The van der Waals surface area contributed by atoms with Gasteiger partial charge in [0.1, 0.15) is 5.75 Å². The summed E-state index contributed by atoms with van der Waals surface area (Å²) in [6, 6.07) is 12.2. The first-order chi connectivity index (χ1) is 12.2. The van der Waals surface area contributed by atoms with Crippen molar-refractivity contribution in [2.24, 2.45) is 5.73 Å². The summed E-state index contributed by atoms with van der Waals surface area (Å²) in [6.07, 6.45) is 2.67. The van der Waals surface area contributed by atoms with Crippen molar-refractivity contribution in [1.82, 2.24) is 9.97 Å². The maximum atomic E-state index is 5.62. The second kappa shape index (κ2) is 7.81. The largest absolute Gasteiger partial charge is 0.497 e. The number of nitrogens with zero attached hydrogens (tertiary/aromatic N) is 2. The van der Waals surface area contributed by atoms with Crippen LogP contribution in [0.15, 0.2) is 42.6 Å². The molecule has 1 aromatic heterocycles. The Balaban J connectivity index is 2.10. The van der Waals surface area contributed by atoms with Crippen LogP contribution in [0.5, 0.6) is 5.75 Å². The summed E-state index contributed by atoms with van der Waals surface area (Å²) in [4.78, 5) is 8.73. The molecule has 0 aliphatic heterocycles. The number of fused-ring (bicyclic) bond motifs is 1. The molecule has 3 rings (SSSR count). The van der Waals surface area contributed by atoms with Gasteiger partial charge < -0.3 is 21.1 Å². The molecule has 0 bridgehead atoms. The van der Waals surface area contributed by atoms with Gasteiger partial charge in [0.05, 0.1) is 12.8 Å². The second-order valence-electron chi connectivity index (χ2n) is 5.70. The molecule has 0 aliphatic carbocycles. The van der Waals surface area contributed by atoms with Gasteiger partial charge in [0, 0.05) is 36.4 Å². The van der Waals surface area contributed by atoms with Gasteiger partial charge in [-0.2, -0.15) is 0 Å². The zero-order chi connectivity index (χ0) is 17.6. The van der Waals surface area contributed by atoms with E-state index >= 15 is 0 Å². The lowest BCUT2D eigenvalue weighted by atomic mass is 10.0. The SMILES string of the molecule is CNc1nccc(-c2cc(NCCCN)c3cc(OC)ccc3c2)n1. The molecule has 0 radical (unpaired) electrons. The van der Waals surface area contributed by atoms with Gasteiger partial charge in [-0.25, -0.2) is 9.97 Å². The molecule has 1 heterocycles. The Morgan fingerprint density at radius 2 is 2.04 bits per heavy atom. The normalized spacial score (nSPS) is 10.7. The predicted octanol–water partition coefficient (Wildman–Crippen LogP) is 3.11. The number of rotatable bonds is 7. The molecule has 0 fully saturated rings. The van der Waals surface area contributed by atoms with E-state index in [-0.39, 0.29) is 0 Å². The van der Waals surface area contributed by atoms with Crippen LogP contribution in [0, 0.1) is 0 Å². The number of nitrogens with one attached hydrogen (secondary N) is 2. The van der Waals surface area contributed by atoms with Crippen molar-refractivity contribution in [3.8, 4) is 17.0 Å². The average Bonchev–Trinajstić information content (AvgIpc) is 2.67. The van der Waals surface area contributed by atoms with E-state index < -0.39 is 0 Å². The highest BCUT2D eigenvalue weighted by Crippen LogP contribution is 2.33. The van der Waals surface area contributed by atoms with Crippen LogP contribution in [-0.4, -0.2) is 37.2 Å². The number of ether oxygens (including phenoxy) is 1. The molecule has 2 aromatic carbocycles. The first kappa shape index (κ1) is 17.0. The van der Waals surface area contributed by atoms with Crippen LogP contribution < -0.4 is 21.1 Å². The van der Waals surface area contributed by atoms with Crippen molar-refractivity contribution < 1.29 is 4.74 Å². The maximum absolute atomic E-state index is 5.62. The molecule has 3 aromatic rings. The van der Waals surface area contributed by atoms with Crippen LogP contribution in [0.4, 0.5) is 11.6 Å². The van der Waals surface area contributed by atoms with Gasteiger partial charge in [-0.3, -0.25) is 0 Å². The Morgan fingerprint density at radius 3 is 2.80 bits per heavy atom. The highest BCUT2D eigenvalue weighted by molar-refractivity contribution is 5.98. The molecule has 6 heteroatoms. The molecule has 0 spiro atoms. The molecule has 130 valence electrons. The Morgan fingerprint density at radius 1 is 1.16 bits per heavy atom. The fourth-order valence-electron chi connectivity index (χ4n) is 2.72. The number of aromatic nitrogens is 2. The predicted molar refractivity (Wildman–Crippen MR) is 103 cm³/mol. The fourth-order valence-corrected chi connectivity index (χ4v) is 2.72. The highest BCUT2D eigenvalue weighted by Gasteiger charge is 2.09. The monoisotopic (exact) mass is 337 g/mol. The van der Waals surface area contributed by atoms with Crippen LogP contribution in [0.1, 0.15) is 6.42 Å². The summed E-state index contributed by atoms with van der Waals surface area (Å²) in [7, 11) is 3.49. The summed E-state index contributed by atoms with van der Waals surface area (Å²) in [5, 5.41) is 8.70. The van der Waals surface area contributed by atoms with Crippen molar-refractivity contribution in [1.29, 1.82) is 0 Å². The lowest BCUT2D eigenvalue weighted by molar-refractivity contribution is 0.415. The van der Waals surface area contributed by atoms with E-state index in [0.29, 0.717) is 12.5 Å². The van der Waals surface area contributed by atoms with Gasteiger partial charge in [0.15, 0.2) is 0 Å². The number of hydrogen-bond acceptors (Lipinski definition) is 6. The quantitative estimate of drug-likeness (QED) is 0.575. The zero-order valence-corrected chi connectivity index (χ0v) is 14.5. The van der Waals surface area contributed by atoms with E-state index in [2.05, 4.69) is 38.8 Å². The topological polar surface area (TPSA) is 85.1 Å². The highest BCUT2D eigenvalue weighted by atomic mass is 16.5. The van der Waals surface area contributed by atoms with Crippen LogP contribution in [0.3, 0.4) is 0 Å². The smallest absolute Gasteiger partial charge is 0.222 e. The van der Waals surface area contributed by atoms with Crippen LogP contribution in [0.2, 0.25) is 0 Å². The molecular formula is C19H23N5O. The molecule has 0 saturated heterocycles. The van der Waals surface area contributed by atoms with Gasteiger partial charge in [0.25, 0.3) is 0 Å². The Bertz CT molecular complexity index is 866. The third-order valence-electron chi connectivity index (χ3n) is 4.03. The van der Waals surface area contributed by atoms with Crippen LogP contribution in [-0.2, 0) is 0 Å². The standard InChI is InChI=1S/C19H23N5O/c1-21-19-23-9-6-17(24-19)14-10-13-4-5-15(25-2)12-16(13)18(11-14)22-8-3-7-20/h4-6,9-12,22H,3,7-8,20H2,1-2H3,(H,21,23,24). The van der Waals surface area contributed by atoms with Crippen LogP contribution >= 0.6 is 0 Å². The van der Waals surface area contributed by atoms with Gasteiger partial charge >= 0.3 is 0 Å². The molecule has 25 heavy (non-hydrogen) atoms. The number of benzene rings is 2. The number of nitrogens with two attached hydrogens (primary N) is 1. The Labute approximate surface area is 147 Å². The van der Waals surface area contributed by atoms with Crippen molar-refractivity contribution in [3.05, 3.63) is 42.6 Å². The molecule has 4 N–H and O–H groups in total. The Hall–Kier alpha value is -2.86. The van der Waals surface area contributed by atoms with Crippen LogP contribution in [0.25, 0.3) is 22.0 Å². The minimum Gasteiger partial charge on any atom is -0.497 e. The molecule has 0 saturated carbocycles. The number of anilines is 2. The van der Waals surface area contributed by atoms with Crippen molar-refractivity contribution in [2.75, 3.05) is 37.9 Å². The molecular weight excluding hydrogens is 314 g/mol. The van der Waals surface area contributed by atoms with Gasteiger partial charge in [-0.1, -0.05) is 6.07 Å². The summed E-state index contributed by atoms with van der Waals surface area (Å²) < 4.78 is 5.37. The van der Waals surface area contributed by atoms with E-state index in [1.165, 1.54) is 0 Å². The van der Waals surface area contributed by atoms with E-state index in [0.717, 1.165) is 46.4 Å². The second-order valence-corrected chi connectivity index (χ2v) is 5.70. The van der Waals surface area contributed by atoms with Gasteiger partial charge in [0.2, 0.25) is 5.95 Å². The van der Waals surface area contributed by atoms with E-state index in [4.69, 9.17) is 10.5 Å². The third-order valence-corrected chi connectivity index (χ3v) is 4.03. The van der Waals surface area contributed by atoms with Crippen molar-refractivity contribution >= 4 is 22.4 Å². The Kier molecular flexibility index (Phi) is 5.30.